The van der Waals surface area contributed by atoms with E-state index >= 15 is 0 Å². The van der Waals surface area contributed by atoms with E-state index in [1.807, 2.05) is 24.3 Å². The van der Waals surface area contributed by atoms with E-state index in [4.69, 9.17) is 0 Å². The van der Waals surface area contributed by atoms with E-state index in [-0.39, 0.29) is 0 Å². The lowest BCUT2D eigenvalue weighted by Crippen LogP contribution is -2.02. The number of amides is 1. The van der Waals surface area contributed by atoms with E-state index in [0.29, 0.717) is 29.8 Å². The number of carbonyl (C=O) groups excluding carboxylic acids is 1. The number of imidazole rings is 1. The molecular weight excluding hydrogens is 284 g/mol. The zero-order chi connectivity index (χ0) is 14.9. The molecule has 9 heteroatoms. The Bertz CT molecular complexity index is 939. The first kappa shape index (κ1) is 12.3. The van der Waals surface area contributed by atoms with Crippen LogP contribution in [0, 0.1) is 0 Å². The molecule has 1 aromatic carbocycles. The lowest BCUT2D eigenvalue weighted by Gasteiger charge is -2.03. The normalized spacial score (nSPS) is 10.9. The van der Waals surface area contributed by atoms with Gasteiger partial charge >= 0.3 is 0 Å². The second-order valence-corrected chi connectivity index (χ2v) is 4.48. The number of aromatic nitrogens is 6. The number of anilines is 3. The van der Waals surface area contributed by atoms with E-state index in [2.05, 4.69) is 35.8 Å². The van der Waals surface area contributed by atoms with Crippen LogP contribution in [0.4, 0.5) is 17.7 Å². The number of hydrogen-bond acceptors (Lipinski definition) is 6. The first-order valence-electron chi connectivity index (χ1n) is 6.47. The summed E-state index contributed by atoms with van der Waals surface area (Å²) >= 11 is 0. The summed E-state index contributed by atoms with van der Waals surface area (Å²) in [6.45, 7) is 0. The van der Waals surface area contributed by atoms with Gasteiger partial charge in [0.25, 0.3) is 0 Å². The maximum atomic E-state index is 10.6. The zero-order valence-electron chi connectivity index (χ0n) is 11.2. The lowest BCUT2D eigenvalue weighted by molar-refractivity contribution is -0.105. The topological polar surface area (TPSA) is 113 Å². The van der Waals surface area contributed by atoms with Gasteiger partial charge in [0.05, 0.1) is 11.0 Å². The summed E-state index contributed by atoms with van der Waals surface area (Å²) in [6.07, 6.45) is 3.78. The fourth-order valence-electron chi connectivity index (χ4n) is 2.19. The van der Waals surface area contributed by atoms with Gasteiger partial charge in [0, 0.05) is 12.4 Å². The number of nitrogens with one attached hydrogen (secondary N) is 3. The van der Waals surface area contributed by atoms with Crippen LogP contribution in [0.3, 0.4) is 0 Å². The molecular formula is C13H10N8O. The van der Waals surface area contributed by atoms with Crippen molar-refractivity contribution in [2.24, 2.45) is 0 Å². The average Bonchev–Trinajstić information content (AvgIpc) is 3.12. The predicted octanol–water partition coefficient (Wildman–Crippen LogP) is 1.31. The SMILES string of the molecule is O=CNc1nnc2c(Nc3nc4ccccc4[nH]3)nccn12. The molecule has 9 nitrogen and oxygen atoms in total. The quantitative estimate of drug-likeness (QED) is 0.489. The van der Waals surface area contributed by atoms with E-state index in [1.54, 1.807) is 16.8 Å². The summed E-state index contributed by atoms with van der Waals surface area (Å²) < 4.78 is 1.62. The van der Waals surface area contributed by atoms with Crippen molar-refractivity contribution in [1.29, 1.82) is 0 Å². The molecule has 0 unspecified atom stereocenters. The highest BCUT2D eigenvalue weighted by atomic mass is 16.1. The largest absolute Gasteiger partial charge is 0.324 e. The summed E-state index contributed by atoms with van der Waals surface area (Å²) in [7, 11) is 0. The monoisotopic (exact) mass is 294 g/mol. The second-order valence-electron chi connectivity index (χ2n) is 4.48. The minimum absolute atomic E-state index is 0.319. The third kappa shape index (κ3) is 1.92. The third-order valence-electron chi connectivity index (χ3n) is 3.14. The van der Waals surface area contributed by atoms with Crippen molar-refractivity contribution in [2.45, 2.75) is 0 Å². The maximum Gasteiger partial charge on any atom is 0.235 e. The molecule has 0 aliphatic heterocycles. The van der Waals surface area contributed by atoms with Crippen LogP contribution in [0.1, 0.15) is 0 Å². The molecule has 0 fully saturated rings. The number of nitrogens with zero attached hydrogens (tertiary/aromatic N) is 5. The number of benzene rings is 1. The number of hydrogen-bond donors (Lipinski definition) is 3. The minimum atomic E-state index is 0.319. The van der Waals surface area contributed by atoms with Gasteiger partial charge in [0.2, 0.25) is 24.0 Å². The van der Waals surface area contributed by atoms with Crippen molar-refractivity contribution >= 4 is 40.8 Å². The van der Waals surface area contributed by atoms with Crippen LogP contribution in [0.25, 0.3) is 16.7 Å². The van der Waals surface area contributed by atoms with E-state index < -0.39 is 0 Å². The highest BCUT2D eigenvalue weighted by Gasteiger charge is 2.11. The Morgan fingerprint density at radius 3 is 3.00 bits per heavy atom. The highest BCUT2D eigenvalue weighted by molar-refractivity contribution is 5.79. The van der Waals surface area contributed by atoms with E-state index in [1.165, 1.54) is 0 Å². The summed E-state index contributed by atoms with van der Waals surface area (Å²) in [5.74, 6) is 1.35. The minimum Gasteiger partial charge on any atom is -0.324 e. The lowest BCUT2D eigenvalue weighted by atomic mass is 10.3. The van der Waals surface area contributed by atoms with Gasteiger partial charge in [-0.25, -0.2) is 9.97 Å². The van der Waals surface area contributed by atoms with Crippen LogP contribution >= 0.6 is 0 Å². The van der Waals surface area contributed by atoms with Crippen LogP contribution in [0.15, 0.2) is 36.7 Å². The fraction of sp³-hybridized carbons (Fsp3) is 0. The Hall–Kier alpha value is -3.49. The molecule has 0 radical (unpaired) electrons. The van der Waals surface area contributed by atoms with Crippen LogP contribution in [0.5, 0.6) is 0 Å². The molecule has 0 bridgehead atoms. The molecule has 4 aromatic rings. The maximum absolute atomic E-state index is 10.6. The fourth-order valence-corrected chi connectivity index (χ4v) is 2.19. The Morgan fingerprint density at radius 2 is 2.14 bits per heavy atom. The van der Waals surface area contributed by atoms with Crippen molar-refractivity contribution in [3.63, 3.8) is 0 Å². The Morgan fingerprint density at radius 1 is 1.23 bits per heavy atom. The summed E-state index contributed by atoms with van der Waals surface area (Å²) in [5, 5.41) is 13.4. The van der Waals surface area contributed by atoms with Crippen LogP contribution in [0.2, 0.25) is 0 Å². The first-order chi connectivity index (χ1) is 10.8. The number of para-hydroxylation sites is 2. The molecule has 0 aliphatic carbocycles. The van der Waals surface area contributed by atoms with Gasteiger partial charge < -0.3 is 10.3 Å². The van der Waals surface area contributed by atoms with Gasteiger partial charge in [-0.05, 0) is 12.1 Å². The number of fused-ring (bicyclic) bond motifs is 2. The molecule has 3 aromatic heterocycles. The van der Waals surface area contributed by atoms with Crippen LogP contribution < -0.4 is 10.6 Å². The Balaban J connectivity index is 1.76. The molecule has 0 saturated carbocycles. The molecule has 108 valence electrons. The molecule has 22 heavy (non-hydrogen) atoms. The summed E-state index contributed by atoms with van der Waals surface area (Å²) in [4.78, 5) is 22.4. The van der Waals surface area contributed by atoms with Crippen molar-refractivity contribution in [3.8, 4) is 0 Å². The van der Waals surface area contributed by atoms with Gasteiger partial charge in [-0.1, -0.05) is 12.1 Å². The van der Waals surface area contributed by atoms with Crippen molar-refractivity contribution in [2.75, 3.05) is 10.6 Å². The second kappa shape index (κ2) is 4.81. The Labute approximate surface area is 123 Å². The molecule has 0 saturated heterocycles. The highest BCUT2D eigenvalue weighted by Crippen LogP contribution is 2.20. The van der Waals surface area contributed by atoms with Crippen LogP contribution in [-0.2, 0) is 4.79 Å². The third-order valence-corrected chi connectivity index (χ3v) is 3.14. The standard InChI is InChI=1S/C13H10N8O/c22-7-15-13-20-19-11-10(14-5-6-21(11)13)18-12-16-8-3-1-2-4-9(8)17-12/h1-7H,(H,15,20,22)(H2,14,16,17,18). The molecule has 0 spiro atoms. The molecule has 0 aliphatic rings. The number of rotatable bonds is 4. The van der Waals surface area contributed by atoms with E-state index in [0.717, 1.165) is 11.0 Å². The summed E-state index contributed by atoms with van der Waals surface area (Å²) in [5.41, 5.74) is 2.25. The molecule has 3 N–H and O–H groups in total. The molecule has 0 atom stereocenters. The van der Waals surface area contributed by atoms with Crippen LogP contribution in [-0.4, -0.2) is 36.0 Å². The number of H-pyrrole nitrogens is 1. The number of carbonyl (C=O) groups is 1. The smallest absolute Gasteiger partial charge is 0.235 e. The average molecular weight is 294 g/mol. The zero-order valence-corrected chi connectivity index (χ0v) is 11.2. The first-order valence-corrected chi connectivity index (χ1v) is 6.47. The van der Waals surface area contributed by atoms with Gasteiger partial charge in [0.15, 0.2) is 5.82 Å². The van der Waals surface area contributed by atoms with Gasteiger partial charge in [-0.15, -0.1) is 10.2 Å². The van der Waals surface area contributed by atoms with Gasteiger partial charge in [0.1, 0.15) is 0 Å². The van der Waals surface area contributed by atoms with Crippen molar-refractivity contribution < 1.29 is 4.79 Å². The van der Waals surface area contributed by atoms with E-state index in [9.17, 15) is 4.79 Å². The van der Waals surface area contributed by atoms with Gasteiger partial charge in [-0.2, -0.15) is 0 Å². The Kier molecular flexibility index (Phi) is 2.68. The van der Waals surface area contributed by atoms with Crippen molar-refractivity contribution in [3.05, 3.63) is 36.7 Å². The molecule has 3 heterocycles. The molecule has 4 rings (SSSR count). The molecule has 1 amide bonds. The predicted molar refractivity (Wildman–Crippen MR) is 79.8 cm³/mol. The van der Waals surface area contributed by atoms with Crippen molar-refractivity contribution in [1.82, 2.24) is 29.5 Å². The summed E-state index contributed by atoms with van der Waals surface area (Å²) in [6, 6.07) is 7.69. The number of aromatic amines is 1. The van der Waals surface area contributed by atoms with Gasteiger partial charge in [-0.3, -0.25) is 14.5 Å².